The van der Waals surface area contributed by atoms with Crippen molar-refractivity contribution in [3.8, 4) is 11.5 Å². The minimum Gasteiger partial charge on any atom is -0.454 e. The molecule has 1 aromatic carbocycles. The predicted molar refractivity (Wildman–Crippen MR) is 63.7 cm³/mol. The van der Waals surface area contributed by atoms with Gasteiger partial charge in [0.25, 0.3) is 5.91 Å². The van der Waals surface area contributed by atoms with Crippen molar-refractivity contribution in [2.75, 3.05) is 19.9 Å². The zero-order valence-corrected chi connectivity index (χ0v) is 9.96. The molecule has 96 valence electrons. The number of hydrogen-bond donors (Lipinski definition) is 1. The number of fused-ring (bicyclic) bond motifs is 1. The van der Waals surface area contributed by atoms with E-state index >= 15 is 0 Å². The van der Waals surface area contributed by atoms with Crippen LogP contribution in [0.1, 0.15) is 23.2 Å². The SMILES string of the molecule is O=C(c1ccc2c(c1)OCO2)N1CCC[C@@H]1CO. The highest BCUT2D eigenvalue weighted by molar-refractivity contribution is 5.95. The number of carbonyl (C=O) groups is 1. The van der Waals surface area contributed by atoms with Crippen LogP contribution in [0.2, 0.25) is 0 Å². The van der Waals surface area contributed by atoms with Crippen molar-refractivity contribution >= 4 is 5.91 Å². The zero-order chi connectivity index (χ0) is 12.5. The molecule has 2 aliphatic heterocycles. The Kier molecular flexibility index (Phi) is 2.83. The minimum absolute atomic E-state index is 0.0241. The van der Waals surface area contributed by atoms with Crippen LogP contribution in [0.25, 0.3) is 0 Å². The van der Waals surface area contributed by atoms with E-state index in [0.717, 1.165) is 12.8 Å². The lowest BCUT2D eigenvalue weighted by atomic mass is 10.1. The van der Waals surface area contributed by atoms with E-state index < -0.39 is 0 Å². The Morgan fingerprint density at radius 2 is 2.22 bits per heavy atom. The van der Waals surface area contributed by atoms with E-state index in [1.54, 1.807) is 23.1 Å². The topological polar surface area (TPSA) is 59.0 Å². The van der Waals surface area contributed by atoms with Crippen LogP contribution in [-0.4, -0.2) is 41.9 Å². The molecule has 0 bridgehead atoms. The molecule has 0 aliphatic carbocycles. The van der Waals surface area contributed by atoms with Gasteiger partial charge in [-0.2, -0.15) is 0 Å². The molecule has 5 heteroatoms. The maximum absolute atomic E-state index is 12.3. The van der Waals surface area contributed by atoms with Crippen molar-refractivity contribution in [3.05, 3.63) is 23.8 Å². The number of amides is 1. The Balaban J connectivity index is 1.84. The molecule has 1 aromatic rings. The molecule has 2 aliphatic rings. The third kappa shape index (κ3) is 1.80. The quantitative estimate of drug-likeness (QED) is 0.850. The van der Waals surface area contributed by atoms with Gasteiger partial charge < -0.3 is 19.5 Å². The van der Waals surface area contributed by atoms with E-state index in [2.05, 4.69) is 0 Å². The van der Waals surface area contributed by atoms with Crippen LogP contribution in [0.15, 0.2) is 18.2 Å². The highest BCUT2D eigenvalue weighted by Gasteiger charge is 2.29. The number of ether oxygens (including phenoxy) is 2. The summed E-state index contributed by atoms with van der Waals surface area (Å²) >= 11 is 0. The molecule has 2 heterocycles. The Labute approximate surface area is 105 Å². The molecule has 0 spiro atoms. The summed E-state index contributed by atoms with van der Waals surface area (Å²) in [5.41, 5.74) is 0.583. The second-order valence-electron chi connectivity index (χ2n) is 4.55. The predicted octanol–water partition coefficient (Wildman–Crippen LogP) is 1.01. The maximum atomic E-state index is 12.3. The Morgan fingerprint density at radius 3 is 3.06 bits per heavy atom. The summed E-state index contributed by atoms with van der Waals surface area (Å²) in [6.45, 7) is 0.935. The first-order chi connectivity index (χ1) is 8.79. The number of nitrogens with zero attached hydrogens (tertiary/aromatic N) is 1. The number of rotatable bonds is 2. The number of aliphatic hydroxyl groups excluding tert-OH is 1. The van der Waals surface area contributed by atoms with Crippen LogP contribution in [0.4, 0.5) is 0 Å². The summed E-state index contributed by atoms with van der Waals surface area (Å²) in [6.07, 6.45) is 1.81. The fourth-order valence-electron chi connectivity index (χ4n) is 2.49. The van der Waals surface area contributed by atoms with Gasteiger partial charge >= 0.3 is 0 Å². The molecule has 5 nitrogen and oxygen atoms in total. The van der Waals surface area contributed by atoms with Crippen LogP contribution < -0.4 is 9.47 Å². The summed E-state index contributed by atoms with van der Waals surface area (Å²) < 4.78 is 10.5. The van der Waals surface area contributed by atoms with Crippen LogP contribution in [-0.2, 0) is 0 Å². The van der Waals surface area contributed by atoms with Gasteiger partial charge in [0, 0.05) is 12.1 Å². The highest BCUT2D eigenvalue weighted by Crippen LogP contribution is 2.33. The molecule has 0 radical (unpaired) electrons. The fourth-order valence-corrected chi connectivity index (χ4v) is 2.49. The average Bonchev–Trinajstić information content (AvgIpc) is 3.05. The van der Waals surface area contributed by atoms with E-state index in [-0.39, 0.29) is 25.3 Å². The van der Waals surface area contributed by atoms with Gasteiger partial charge in [-0.1, -0.05) is 0 Å². The number of likely N-dealkylation sites (tertiary alicyclic amines) is 1. The van der Waals surface area contributed by atoms with Gasteiger partial charge in [-0.05, 0) is 31.0 Å². The van der Waals surface area contributed by atoms with Gasteiger partial charge in [0.15, 0.2) is 11.5 Å². The van der Waals surface area contributed by atoms with E-state index in [0.29, 0.717) is 23.6 Å². The summed E-state index contributed by atoms with van der Waals surface area (Å²) in [5, 5.41) is 9.25. The molecular weight excluding hydrogens is 234 g/mol. The Hall–Kier alpha value is -1.75. The molecule has 3 rings (SSSR count). The lowest BCUT2D eigenvalue weighted by molar-refractivity contribution is 0.0677. The van der Waals surface area contributed by atoms with Gasteiger partial charge in [-0.15, -0.1) is 0 Å². The minimum atomic E-state index is -0.0528. The normalized spacial score (nSPS) is 21.4. The lowest BCUT2D eigenvalue weighted by Gasteiger charge is -2.23. The number of carbonyl (C=O) groups excluding carboxylic acids is 1. The molecule has 1 amide bonds. The molecule has 1 saturated heterocycles. The highest BCUT2D eigenvalue weighted by atomic mass is 16.7. The van der Waals surface area contributed by atoms with Crippen molar-refractivity contribution in [2.24, 2.45) is 0 Å². The first kappa shape index (κ1) is 11.3. The van der Waals surface area contributed by atoms with Crippen LogP contribution in [0.5, 0.6) is 11.5 Å². The van der Waals surface area contributed by atoms with Gasteiger partial charge in [0.2, 0.25) is 6.79 Å². The Morgan fingerprint density at radius 1 is 1.39 bits per heavy atom. The van der Waals surface area contributed by atoms with E-state index in [9.17, 15) is 9.90 Å². The second-order valence-corrected chi connectivity index (χ2v) is 4.55. The lowest BCUT2D eigenvalue weighted by Crippen LogP contribution is -2.37. The zero-order valence-electron chi connectivity index (χ0n) is 9.96. The van der Waals surface area contributed by atoms with Crippen molar-refractivity contribution < 1.29 is 19.4 Å². The summed E-state index contributed by atoms with van der Waals surface area (Å²) in [4.78, 5) is 14.1. The van der Waals surface area contributed by atoms with Crippen molar-refractivity contribution in [2.45, 2.75) is 18.9 Å². The molecule has 1 fully saturated rings. The van der Waals surface area contributed by atoms with Gasteiger partial charge in [0.05, 0.1) is 12.6 Å². The third-order valence-corrected chi connectivity index (χ3v) is 3.47. The molecule has 0 aromatic heterocycles. The fraction of sp³-hybridized carbons (Fsp3) is 0.462. The smallest absolute Gasteiger partial charge is 0.254 e. The monoisotopic (exact) mass is 249 g/mol. The number of benzene rings is 1. The standard InChI is InChI=1S/C13H15NO4/c15-7-10-2-1-5-14(10)13(16)9-3-4-11-12(6-9)18-8-17-11/h3-4,6,10,15H,1-2,5,7-8H2/t10-/m1/s1. The summed E-state index contributed by atoms with van der Waals surface area (Å²) in [5.74, 6) is 1.23. The van der Waals surface area contributed by atoms with Crippen LogP contribution in [0, 0.1) is 0 Å². The van der Waals surface area contributed by atoms with Crippen molar-refractivity contribution in [1.82, 2.24) is 4.90 Å². The first-order valence-corrected chi connectivity index (χ1v) is 6.11. The molecule has 1 N–H and O–H groups in total. The molecule has 0 unspecified atom stereocenters. The number of aliphatic hydroxyl groups is 1. The first-order valence-electron chi connectivity index (χ1n) is 6.11. The maximum Gasteiger partial charge on any atom is 0.254 e. The van der Waals surface area contributed by atoms with Gasteiger partial charge in [0.1, 0.15) is 0 Å². The van der Waals surface area contributed by atoms with Gasteiger partial charge in [-0.25, -0.2) is 0 Å². The third-order valence-electron chi connectivity index (χ3n) is 3.47. The van der Waals surface area contributed by atoms with Crippen LogP contribution >= 0.6 is 0 Å². The van der Waals surface area contributed by atoms with Crippen molar-refractivity contribution in [3.63, 3.8) is 0 Å². The number of hydrogen-bond acceptors (Lipinski definition) is 4. The molecule has 1 atom stereocenters. The van der Waals surface area contributed by atoms with Crippen LogP contribution in [0.3, 0.4) is 0 Å². The molecule has 0 saturated carbocycles. The molecule has 18 heavy (non-hydrogen) atoms. The second kappa shape index (κ2) is 4.49. The van der Waals surface area contributed by atoms with E-state index in [1.807, 2.05) is 0 Å². The van der Waals surface area contributed by atoms with E-state index in [1.165, 1.54) is 0 Å². The Bertz CT molecular complexity index is 474. The molecular formula is C13H15NO4. The van der Waals surface area contributed by atoms with E-state index in [4.69, 9.17) is 9.47 Å². The van der Waals surface area contributed by atoms with Crippen molar-refractivity contribution in [1.29, 1.82) is 0 Å². The summed E-state index contributed by atoms with van der Waals surface area (Å²) in [7, 11) is 0. The summed E-state index contributed by atoms with van der Waals surface area (Å²) in [6, 6.07) is 5.14. The largest absolute Gasteiger partial charge is 0.454 e. The average molecular weight is 249 g/mol. The van der Waals surface area contributed by atoms with Gasteiger partial charge in [-0.3, -0.25) is 4.79 Å².